The maximum atomic E-state index is 13.6. The molecule has 0 saturated carbocycles. The van der Waals surface area contributed by atoms with Gasteiger partial charge in [0, 0.05) is 49.3 Å². The first-order valence-corrected chi connectivity index (χ1v) is 9.78. The van der Waals surface area contributed by atoms with E-state index in [1.165, 1.54) is 6.07 Å². The Bertz CT molecular complexity index is 867. The Labute approximate surface area is 166 Å². The van der Waals surface area contributed by atoms with Crippen molar-refractivity contribution in [1.29, 1.82) is 0 Å². The summed E-state index contributed by atoms with van der Waals surface area (Å²) in [7, 11) is 0. The molecule has 0 unspecified atom stereocenters. The maximum absolute atomic E-state index is 13.6. The van der Waals surface area contributed by atoms with Crippen molar-refractivity contribution in [2.24, 2.45) is 5.41 Å². The molecule has 5 nitrogen and oxygen atoms in total. The van der Waals surface area contributed by atoms with Crippen molar-refractivity contribution in [3.05, 3.63) is 52.7 Å². The molecule has 0 bridgehead atoms. The van der Waals surface area contributed by atoms with Crippen LogP contribution in [-0.2, 0) is 11.2 Å². The van der Waals surface area contributed by atoms with Crippen LogP contribution in [0.4, 0.5) is 10.2 Å². The molecule has 2 heterocycles. The minimum absolute atomic E-state index is 0.183. The van der Waals surface area contributed by atoms with Gasteiger partial charge in [-0.25, -0.2) is 14.4 Å². The summed E-state index contributed by atoms with van der Waals surface area (Å²) >= 11 is 0. The quantitative estimate of drug-likeness (QED) is 0.812. The molecule has 6 heteroatoms. The molecular weight excluding hydrogens is 355 g/mol. The first-order valence-electron chi connectivity index (χ1n) is 9.78. The van der Waals surface area contributed by atoms with Crippen molar-refractivity contribution >= 4 is 11.7 Å². The summed E-state index contributed by atoms with van der Waals surface area (Å²) in [4.78, 5) is 26.0. The molecule has 0 N–H and O–H groups in total. The SMILES string of the molecule is Cc1nc(C)c(Cc2cccc(F)c2)c(N2CCN(C(=O)C(C)(C)C)CC2)n1. The third kappa shape index (κ3) is 4.49. The minimum Gasteiger partial charge on any atom is -0.353 e. The van der Waals surface area contributed by atoms with E-state index in [0.29, 0.717) is 19.5 Å². The van der Waals surface area contributed by atoms with Crippen molar-refractivity contribution in [3.8, 4) is 0 Å². The van der Waals surface area contributed by atoms with Crippen molar-refractivity contribution < 1.29 is 9.18 Å². The zero-order valence-electron chi connectivity index (χ0n) is 17.4. The summed E-state index contributed by atoms with van der Waals surface area (Å²) in [6.07, 6.45) is 0.584. The van der Waals surface area contributed by atoms with Gasteiger partial charge in [-0.05, 0) is 31.5 Å². The lowest BCUT2D eigenvalue weighted by atomic mass is 9.94. The molecule has 3 rings (SSSR count). The number of anilines is 1. The number of aryl methyl sites for hydroxylation is 2. The zero-order valence-corrected chi connectivity index (χ0v) is 17.4. The van der Waals surface area contributed by atoms with Crippen LogP contribution in [0.3, 0.4) is 0 Å². The van der Waals surface area contributed by atoms with Crippen LogP contribution < -0.4 is 4.90 Å². The summed E-state index contributed by atoms with van der Waals surface area (Å²) in [6, 6.07) is 6.66. The minimum atomic E-state index is -0.368. The summed E-state index contributed by atoms with van der Waals surface area (Å²) in [5, 5.41) is 0. The van der Waals surface area contributed by atoms with Crippen LogP contribution in [0.1, 0.15) is 43.4 Å². The molecule has 0 radical (unpaired) electrons. The fraction of sp³-hybridized carbons (Fsp3) is 0.500. The number of amides is 1. The summed E-state index contributed by atoms with van der Waals surface area (Å²) in [5.41, 5.74) is 2.47. The largest absolute Gasteiger partial charge is 0.353 e. The van der Waals surface area contributed by atoms with E-state index in [9.17, 15) is 9.18 Å². The lowest BCUT2D eigenvalue weighted by Gasteiger charge is -2.39. The normalized spacial score (nSPS) is 15.1. The van der Waals surface area contributed by atoms with Gasteiger partial charge in [-0.3, -0.25) is 4.79 Å². The summed E-state index contributed by atoms with van der Waals surface area (Å²) in [6.45, 7) is 12.5. The van der Waals surface area contributed by atoms with Gasteiger partial charge >= 0.3 is 0 Å². The fourth-order valence-corrected chi connectivity index (χ4v) is 3.63. The summed E-state index contributed by atoms with van der Waals surface area (Å²) in [5.74, 6) is 1.57. The van der Waals surface area contributed by atoms with Crippen LogP contribution in [0.15, 0.2) is 24.3 Å². The number of carbonyl (C=O) groups is 1. The number of hydrogen-bond acceptors (Lipinski definition) is 4. The van der Waals surface area contributed by atoms with Gasteiger partial charge < -0.3 is 9.80 Å². The van der Waals surface area contributed by atoms with Crippen LogP contribution in [0, 0.1) is 25.1 Å². The van der Waals surface area contributed by atoms with E-state index in [-0.39, 0.29) is 17.1 Å². The number of nitrogens with zero attached hydrogens (tertiary/aromatic N) is 4. The second-order valence-corrected chi connectivity index (χ2v) is 8.49. The average Bonchev–Trinajstić information content (AvgIpc) is 2.62. The van der Waals surface area contributed by atoms with Gasteiger partial charge in [-0.1, -0.05) is 32.9 Å². The van der Waals surface area contributed by atoms with Gasteiger partial charge in [0.25, 0.3) is 0 Å². The number of halogens is 1. The number of carbonyl (C=O) groups excluding carboxylic acids is 1. The Morgan fingerprint density at radius 1 is 1.11 bits per heavy atom. The molecule has 28 heavy (non-hydrogen) atoms. The molecule has 150 valence electrons. The first-order chi connectivity index (χ1) is 13.1. The third-order valence-corrected chi connectivity index (χ3v) is 5.08. The maximum Gasteiger partial charge on any atom is 0.228 e. The van der Waals surface area contributed by atoms with Crippen molar-refractivity contribution in [2.75, 3.05) is 31.1 Å². The molecule has 0 spiro atoms. The molecule has 1 aromatic heterocycles. The van der Waals surface area contributed by atoms with E-state index in [2.05, 4.69) is 9.88 Å². The second-order valence-electron chi connectivity index (χ2n) is 8.49. The first kappa shape index (κ1) is 20.2. The highest BCUT2D eigenvalue weighted by Crippen LogP contribution is 2.26. The highest BCUT2D eigenvalue weighted by atomic mass is 19.1. The number of rotatable bonds is 3. The smallest absolute Gasteiger partial charge is 0.228 e. The fourth-order valence-electron chi connectivity index (χ4n) is 3.63. The van der Waals surface area contributed by atoms with E-state index in [4.69, 9.17) is 4.98 Å². The van der Waals surface area contributed by atoms with Crippen LogP contribution in [0.2, 0.25) is 0 Å². The van der Waals surface area contributed by atoms with Gasteiger partial charge in [-0.2, -0.15) is 0 Å². The third-order valence-electron chi connectivity index (χ3n) is 5.08. The topological polar surface area (TPSA) is 49.3 Å². The van der Waals surface area contributed by atoms with Crippen LogP contribution in [0.5, 0.6) is 0 Å². The predicted octanol–water partition coefficient (Wildman–Crippen LogP) is 3.52. The Kier molecular flexibility index (Phi) is 5.68. The van der Waals surface area contributed by atoms with Crippen molar-refractivity contribution in [2.45, 2.75) is 41.0 Å². The highest BCUT2D eigenvalue weighted by molar-refractivity contribution is 5.81. The van der Waals surface area contributed by atoms with Crippen LogP contribution in [-0.4, -0.2) is 47.0 Å². The van der Waals surface area contributed by atoms with Crippen molar-refractivity contribution in [3.63, 3.8) is 0 Å². The molecule has 1 aromatic carbocycles. The van der Waals surface area contributed by atoms with Gasteiger partial charge in [0.1, 0.15) is 17.5 Å². The Hall–Kier alpha value is -2.50. The standard InChI is InChI=1S/C22H29FN4O/c1-15-19(14-17-7-6-8-18(23)13-17)20(25-16(2)24-15)26-9-11-27(12-10-26)21(28)22(3,4)5/h6-8,13H,9-12,14H2,1-5H3. The lowest BCUT2D eigenvalue weighted by Crippen LogP contribution is -2.52. The number of hydrogen-bond donors (Lipinski definition) is 0. The van der Waals surface area contributed by atoms with Crippen LogP contribution >= 0.6 is 0 Å². The summed E-state index contributed by atoms with van der Waals surface area (Å²) < 4.78 is 13.6. The number of benzene rings is 1. The van der Waals surface area contributed by atoms with Gasteiger partial charge in [0.2, 0.25) is 5.91 Å². The second kappa shape index (κ2) is 7.86. The van der Waals surface area contributed by atoms with E-state index >= 15 is 0 Å². The monoisotopic (exact) mass is 384 g/mol. The van der Waals surface area contributed by atoms with Crippen LogP contribution in [0.25, 0.3) is 0 Å². The van der Waals surface area contributed by atoms with Gasteiger partial charge in [0.15, 0.2) is 0 Å². The molecule has 0 atom stereocenters. The number of piperazine rings is 1. The van der Waals surface area contributed by atoms with E-state index in [1.807, 2.05) is 45.6 Å². The van der Waals surface area contributed by atoms with E-state index in [0.717, 1.165) is 41.6 Å². The van der Waals surface area contributed by atoms with Crippen molar-refractivity contribution in [1.82, 2.24) is 14.9 Å². The molecule has 1 aliphatic rings. The highest BCUT2D eigenvalue weighted by Gasteiger charge is 2.30. The van der Waals surface area contributed by atoms with Gasteiger partial charge in [0.05, 0.1) is 0 Å². The molecule has 1 saturated heterocycles. The average molecular weight is 384 g/mol. The molecule has 2 aromatic rings. The Morgan fingerprint density at radius 2 is 1.79 bits per heavy atom. The zero-order chi connectivity index (χ0) is 20.5. The lowest BCUT2D eigenvalue weighted by molar-refractivity contribution is -0.139. The Morgan fingerprint density at radius 3 is 2.39 bits per heavy atom. The Balaban J connectivity index is 1.83. The van der Waals surface area contributed by atoms with E-state index < -0.39 is 0 Å². The van der Waals surface area contributed by atoms with E-state index in [1.54, 1.807) is 12.1 Å². The predicted molar refractivity (Wildman–Crippen MR) is 109 cm³/mol. The number of aromatic nitrogens is 2. The molecule has 0 aliphatic carbocycles. The molecule has 1 aliphatic heterocycles. The van der Waals surface area contributed by atoms with Gasteiger partial charge in [-0.15, -0.1) is 0 Å². The molecule has 1 fully saturated rings. The molecule has 1 amide bonds. The molecular formula is C22H29FN4O.